The van der Waals surface area contributed by atoms with Gasteiger partial charge in [-0.3, -0.25) is 0 Å². The zero-order valence-corrected chi connectivity index (χ0v) is 10.8. The quantitative estimate of drug-likeness (QED) is 0.530. The summed E-state index contributed by atoms with van der Waals surface area (Å²) in [6.07, 6.45) is 5.98. The summed E-state index contributed by atoms with van der Waals surface area (Å²) in [5.41, 5.74) is 0. The van der Waals surface area contributed by atoms with E-state index in [1.165, 1.54) is 6.42 Å². The van der Waals surface area contributed by atoms with Gasteiger partial charge in [0.1, 0.15) is 0 Å². The Hall–Kier alpha value is 0.726. The zero-order valence-electron chi connectivity index (χ0n) is 9.39. The Morgan fingerprint density at radius 2 is 1.62 bits per heavy atom. The van der Waals surface area contributed by atoms with Crippen molar-refractivity contribution in [3.63, 3.8) is 0 Å². The average molecular weight is 197 g/mol. The molecule has 0 aromatic carbocycles. The van der Waals surface area contributed by atoms with Gasteiger partial charge in [0.15, 0.2) is 0 Å². The van der Waals surface area contributed by atoms with Gasteiger partial charge in [-0.2, -0.15) is 12.8 Å². The summed E-state index contributed by atoms with van der Waals surface area (Å²) in [4.78, 5) is 0. The molecule has 0 radical (unpaired) electrons. The summed E-state index contributed by atoms with van der Waals surface area (Å²) in [5, 5.41) is 8.93. The summed E-state index contributed by atoms with van der Waals surface area (Å²) in [6.45, 7) is 11.4. The Bertz CT molecular complexity index is 65.1. The maximum Gasteiger partial charge on any atom is 2.00 e. The molecule has 0 heterocycles. The molecule has 0 saturated carbocycles. The fourth-order valence-electron chi connectivity index (χ4n) is 0.584. The van der Waals surface area contributed by atoms with Crippen molar-refractivity contribution in [2.24, 2.45) is 0 Å². The van der Waals surface area contributed by atoms with Gasteiger partial charge in [-0.25, -0.2) is 0 Å². The van der Waals surface area contributed by atoms with Gasteiger partial charge >= 0.3 is 23.1 Å². The van der Waals surface area contributed by atoms with Gasteiger partial charge in [-0.15, -0.1) is 0 Å². The standard InChI is InChI=1S/C7H15O.C4H9.Mg/c1-3-5-6-7(8)4-2;1-3-4-2;/h7-8H,2-6H2,1H3;1,3-4H2,2H3;/q2*-1;+2. The molecule has 0 bridgehead atoms. The number of unbranched alkanes of at least 4 members (excludes halogenated alkanes) is 2. The van der Waals surface area contributed by atoms with Crippen LogP contribution >= 0.6 is 0 Å². The summed E-state index contributed by atoms with van der Waals surface area (Å²) in [7, 11) is 0. The molecule has 0 fully saturated rings. The SMILES string of the molecule is [CH2-]CC(O)CCCC.[CH2-]CCC.[Mg+2]. The average Bonchev–Trinajstić information content (AvgIpc) is 2.14. The van der Waals surface area contributed by atoms with E-state index >= 15 is 0 Å². The van der Waals surface area contributed by atoms with Gasteiger partial charge in [-0.05, 0) is 6.42 Å². The normalized spacial score (nSPS) is 10.8. The monoisotopic (exact) mass is 196 g/mol. The summed E-state index contributed by atoms with van der Waals surface area (Å²) >= 11 is 0. The van der Waals surface area contributed by atoms with Crippen molar-refractivity contribution in [2.75, 3.05) is 0 Å². The first kappa shape index (κ1) is 19.3. The minimum absolute atomic E-state index is 0. The van der Waals surface area contributed by atoms with Gasteiger partial charge in [0.05, 0.1) is 0 Å². The van der Waals surface area contributed by atoms with Gasteiger partial charge < -0.3 is 19.0 Å². The molecule has 0 spiro atoms. The topological polar surface area (TPSA) is 20.2 Å². The molecule has 0 aromatic heterocycles. The van der Waals surface area contributed by atoms with Crippen LogP contribution < -0.4 is 0 Å². The van der Waals surface area contributed by atoms with E-state index in [4.69, 9.17) is 5.11 Å². The molecule has 1 atom stereocenters. The van der Waals surface area contributed by atoms with Crippen LogP contribution in [0.5, 0.6) is 0 Å². The maximum absolute atomic E-state index is 8.93. The number of rotatable bonds is 5. The van der Waals surface area contributed by atoms with Crippen molar-refractivity contribution in [1.82, 2.24) is 0 Å². The second-order valence-electron chi connectivity index (χ2n) is 2.94. The molecule has 13 heavy (non-hydrogen) atoms. The van der Waals surface area contributed by atoms with Crippen LogP contribution in [0, 0.1) is 13.8 Å². The van der Waals surface area contributed by atoms with E-state index in [2.05, 4.69) is 27.7 Å². The molecule has 0 amide bonds. The molecular weight excluding hydrogens is 172 g/mol. The molecule has 1 N–H and O–H groups in total. The number of aliphatic hydroxyl groups is 1. The number of hydrogen-bond donors (Lipinski definition) is 1. The Morgan fingerprint density at radius 1 is 1.15 bits per heavy atom. The van der Waals surface area contributed by atoms with Gasteiger partial charge in [-0.1, -0.05) is 33.1 Å². The fourth-order valence-corrected chi connectivity index (χ4v) is 0.584. The van der Waals surface area contributed by atoms with Crippen LogP contribution in [0.2, 0.25) is 0 Å². The molecule has 0 saturated heterocycles. The van der Waals surface area contributed by atoms with Gasteiger partial charge in [0.25, 0.3) is 0 Å². The molecule has 76 valence electrons. The third kappa shape index (κ3) is 24.5. The third-order valence-electron chi connectivity index (χ3n) is 1.58. The van der Waals surface area contributed by atoms with Gasteiger partial charge in [0.2, 0.25) is 0 Å². The van der Waals surface area contributed by atoms with E-state index < -0.39 is 0 Å². The molecule has 0 aromatic rings. The molecule has 0 rings (SSSR count). The minimum atomic E-state index is -0.157. The van der Waals surface area contributed by atoms with Crippen molar-refractivity contribution in [1.29, 1.82) is 0 Å². The van der Waals surface area contributed by atoms with E-state index in [-0.39, 0.29) is 29.2 Å². The fraction of sp³-hybridized carbons (Fsp3) is 0.818. The third-order valence-corrected chi connectivity index (χ3v) is 1.58. The summed E-state index contributed by atoms with van der Waals surface area (Å²) in [5.74, 6) is 0. The second-order valence-corrected chi connectivity index (χ2v) is 2.94. The second kappa shape index (κ2) is 18.5. The molecule has 1 nitrogen and oxygen atoms in total. The maximum atomic E-state index is 8.93. The predicted octanol–water partition coefficient (Wildman–Crippen LogP) is 3.00. The first-order valence-electron chi connectivity index (χ1n) is 4.99. The smallest absolute Gasteiger partial charge is 0.396 e. The van der Waals surface area contributed by atoms with Crippen molar-refractivity contribution in [3.05, 3.63) is 13.8 Å². The Balaban J connectivity index is -0.000000173. The van der Waals surface area contributed by atoms with Crippen LogP contribution in [-0.4, -0.2) is 34.3 Å². The number of aliphatic hydroxyl groups excluding tert-OH is 1. The Kier molecular flexibility index (Phi) is 27.5. The van der Waals surface area contributed by atoms with Crippen LogP contribution in [0.15, 0.2) is 0 Å². The first-order chi connectivity index (χ1) is 5.72. The van der Waals surface area contributed by atoms with Crippen LogP contribution in [0.25, 0.3) is 0 Å². The first-order valence-corrected chi connectivity index (χ1v) is 4.99. The number of hydrogen-bond acceptors (Lipinski definition) is 1. The molecule has 1 unspecified atom stereocenters. The van der Waals surface area contributed by atoms with E-state index in [9.17, 15) is 0 Å². The van der Waals surface area contributed by atoms with Crippen LogP contribution in [-0.2, 0) is 0 Å². The van der Waals surface area contributed by atoms with Crippen molar-refractivity contribution in [3.8, 4) is 0 Å². The Morgan fingerprint density at radius 3 is 1.85 bits per heavy atom. The molecule has 2 heteroatoms. The van der Waals surface area contributed by atoms with E-state index in [0.29, 0.717) is 6.42 Å². The minimum Gasteiger partial charge on any atom is -0.396 e. The van der Waals surface area contributed by atoms with Crippen LogP contribution in [0.4, 0.5) is 0 Å². The van der Waals surface area contributed by atoms with Gasteiger partial charge in [0, 0.05) is 6.10 Å². The molecule has 0 aliphatic carbocycles. The van der Waals surface area contributed by atoms with E-state index in [1.807, 2.05) is 0 Å². The molecule has 0 aliphatic heterocycles. The van der Waals surface area contributed by atoms with Crippen molar-refractivity contribution >= 4 is 23.1 Å². The van der Waals surface area contributed by atoms with E-state index in [1.54, 1.807) is 0 Å². The predicted molar refractivity (Wildman–Crippen MR) is 61.5 cm³/mol. The zero-order chi connectivity index (χ0) is 9.82. The Labute approximate surface area is 100 Å². The molecular formula is C11H24MgO. The van der Waals surface area contributed by atoms with Crippen molar-refractivity contribution in [2.45, 2.75) is 58.5 Å². The van der Waals surface area contributed by atoms with E-state index in [0.717, 1.165) is 25.7 Å². The largest absolute Gasteiger partial charge is 2.00 e. The summed E-state index contributed by atoms with van der Waals surface area (Å²) in [6, 6.07) is 0. The van der Waals surface area contributed by atoms with Crippen LogP contribution in [0.1, 0.15) is 52.4 Å². The summed E-state index contributed by atoms with van der Waals surface area (Å²) < 4.78 is 0. The molecule has 0 aliphatic rings. The van der Waals surface area contributed by atoms with Crippen molar-refractivity contribution < 1.29 is 5.11 Å². The van der Waals surface area contributed by atoms with Crippen LogP contribution in [0.3, 0.4) is 0 Å².